The highest BCUT2D eigenvalue weighted by molar-refractivity contribution is 5.90. The number of urea groups is 1. The minimum Gasteiger partial charge on any atom is -0.382 e. The molecule has 0 aliphatic rings. The fourth-order valence-electron chi connectivity index (χ4n) is 2.59. The van der Waals surface area contributed by atoms with Crippen LogP contribution in [-0.4, -0.2) is 39.3 Å². The first-order chi connectivity index (χ1) is 11.0. The van der Waals surface area contributed by atoms with Gasteiger partial charge in [-0.1, -0.05) is 0 Å². The SMILES string of the molecule is CCn1nc(C)c(NC(=O)NC(COC)c2ccnn2C)c1C. The highest BCUT2D eigenvalue weighted by Gasteiger charge is 2.19. The van der Waals surface area contributed by atoms with E-state index < -0.39 is 0 Å². The molecular weight excluding hydrogens is 296 g/mol. The molecule has 2 N–H and O–H groups in total. The van der Waals surface area contributed by atoms with Crippen molar-refractivity contribution in [2.45, 2.75) is 33.4 Å². The van der Waals surface area contributed by atoms with E-state index in [-0.39, 0.29) is 12.1 Å². The molecule has 8 heteroatoms. The molecule has 0 aliphatic carbocycles. The quantitative estimate of drug-likeness (QED) is 0.849. The molecule has 0 aliphatic heterocycles. The molecule has 8 nitrogen and oxygen atoms in total. The van der Waals surface area contributed by atoms with Gasteiger partial charge in [0.1, 0.15) is 0 Å². The molecule has 0 fully saturated rings. The third-order valence-corrected chi connectivity index (χ3v) is 3.77. The zero-order valence-corrected chi connectivity index (χ0v) is 14.3. The van der Waals surface area contributed by atoms with Crippen LogP contribution in [0.5, 0.6) is 0 Å². The summed E-state index contributed by atoms with van der Waals surface area (Å²) in [5, 5.41) is 14.3. The van der Waals surface area contributed by atoms with Gasteiger partial charge in [-0.25, -0.2) is 4.79 Å². The molecule has 0 aromatic carbocycles. The molecule has 0 saturated carbocycles. The van der Waals surface area contributed by atoms with Crippen molar-refractivity contribution < 1.29 is 9.53 Å². The molecule has 2 rings (SSSR count). The molecule has 2 heterocycles. The molecule has 0 spiro atoms. The molecule has 0 saturated heterocycles. The number of aryl methyl sites for hydroxylation is 3. The summed E-state index contributed by atoms with van der Waals surface area (Å²) in [4.78, 5) is 12.4. The number of anilines is 1. The number of rotatable bonds is 6. The average molecular weight is 320 g/mol. The molecule has 1 unspecified atom stereocenters. The third-order valence-electron chi connectivity index (χ3n) is 3.77. The summed E-state index contributed by atoms with van der Waals surface area (Å²) in [7, 11) is 3.43. The Labute approximate surface area is 135 Å². The lowest BCUT2D eigenvalue weighted by Crippen LogP contribution is -2.36. The number of carbonyl (C=O) groups excluding carboxylic acids is 1. The van der Waals surface area contributed by atoms with Crippen LogP contribution >= 0.6 is 0 Å². The normalized spacial score (nSPS) is 12.2. The summed E-state index contributed by atoms with van der Waals surface area (Å²) in [5.74, 6) is 0. The van der Waals surface area contributed by atoms with Gasteiger partial charge in [0.25, 0.3) is 0 Å². The van der Waals surface area contributed by atoms with Crippen LogP contribution in [0.1, 0.15) is 30.0 Å². The van der Waals surface area contributed by atoms with Crippen LogP contribution in [0, 0.1) is 13.8 Å². The number of methoxy groups -OCH3 is 1. The molecule has 2 aromatic rings. The van der Waals surface area contributed by atoms with Gasteiger partial charge in [0.15, 0.2) is 0 Å². The van der Waals surface area contributed by atoms with E-state index in [0.29, 0.717) is 6.61 Å². The molecule has 0 radical (unpaired) electrons. The van der Waals surface area contributed by atoms with Crippen molar-refractivity contribution in [2.75, 3.05) is 19.0 Å². The van der Waals surface area contributed by atoms with E-state index >= 15 is 0 Å². The van der Waals surface area contributed by atoms with Gasteiger partial charge in [0.05, 0.1) is 35.4 Å². The van der Waals surface area contributed by atoms with Gasteiger partial charge in [-0.2, -0.15) is 10.2 Å². The molecule has 23 heavy (non-hydrogen) atoms. The van der Waals surface area contributed by atoms with Crippen LogP contribution in [0.25, 0.3) is 0 Å². The predicted octanol–water partition coefficient (Wildman–Crippen LogP) is 1.76. The van der Waals surface area contributed by atoms with Crippen molar-refractivity contribution in [1.29, 1.82) is 0 Å². The zero-order chi connectivity index (χ0) is 17.0. The second-order valence-corrected chi connectivity index (χ2v) is 5.35. The minimum atomic E-state index is -0.296. The summed E-state index contributed by atoms with van der Waals surface area (Å²) in [6, 6.07) is 1.28. The number of hydrogen-bond acceptors (Lipinski definition) is 4. The van der Waals surface area contributed by atoms with Crippen molar-refractivity contribution in [1.82, 2.24) is 24.9 Å². The standard InChI is InChI=1S/C15H24N6O2/c1-6-21-11(3)14(10(2)19-21)18-15(22)17-12(9-23-5)13-7-8-16-20(13)4/h7-8,12H,6,9H2,1-5H3,(H2,17,18,22). The van der Waals surface area contributed by atoms with Crippen molar-refractivity contribution >= 4 is 11.7 Å². The van der Waals surface area contributed by atoms with E-state index in [1.807, 2.05) is 38.6 Å². The predicted molar refractivity (Wildman–Crippen MR) is 87.4 cm³/mol. The molecule has 126 valence electrons. The number of ether oxygens (including phenoxy) is 1. The van der Waals surface area contributed by atoms with Crippen LogP contribution < -0.4 is 10.6 Å². The Morgan fingerprint density at radius 2 is 2.17 bits per heavy atom. The Hall–Kier alpha value is -2.35. The second-order valence-electron chi connectivity index (χ2n) is 5.35. The maximum absolute atomic E-state index is 12.4. The zero-order valence-electron chi connectivity index (χ0n) is 14.3. The first-order valence-corrected chi connectivity index (χ1v) is 7.56. The maximum atomic E-state index is 12.4. The van der Waals surface area contributed by atoms with Crippen LogP contribution in [0.4, 0.5) is 10.5 Å². The van der Waals surface area contributed by atoms with Crippen molar-refractivity contribution in [3.8, 4) is 0 Å². The van der Waals surface area contributed by atoms with E-state index in [0.717, 1.165) is 29.3 Å². The number of aromatic nitrogens is 4. The molecule has 2 aromatic heterocycles. The van der Waals surface area contributed by atoms with Crippen molar-refractivity contribution in [3.05, 3.63) is 29.3 Å². The number of carbonyl (C=O) groups is 1. The van der Waals surface area contributed by atoms with Crippen LogP contribution in [-0.2, 0) is 18.3 Å². The Morgan fingerprint density at radius 3 is 2.70 bits per heavy atom. The van der Waals surface area contributed by atoms with E-state index in [9.17, 15) is 4.79 Å². The lowest BCUT2D eigenvalue weighted by molar-refractivity contribution is 0.165. The van der Waals surface area contributed by atoms with Gasteiger partial charge in [-0.05, 0) is 26.8 Å². The first-order valence-electron chi connectivity index (χ1n) is 7.56. The Bertz CT molecular complexity index is 676. The first kappa shape index (κ1) is 17.0. The average Bonchev–Trinajstić information content (AvgIpc) is 3.05. The molecule has 2 amide bonds. The van der Waals surface area contributed by atoms with E-state index in [1.165, 1.54) is 0 Å². The Kier molecular flexibility index (Phi) is 5.38. The summed E-state index contributed by atoms with van der Waals surface area (Å²) >= 11 is 0. The van der Waals surface area contributed by atoms with Gasteiger partial charge < -0.3 is 15.4 Å². The Balaban J connectivity index is 2.11. The van der Waals surface area contributed by atoms with Gasteiger partial charge in [0, 0.05) is 26.9 Å². The van der Waals surface area contributed by atoms with Crippen LogP contribution in [0.3, 0.4) is 0 Å². The summed E-state index contributed by atoms with van der Waals surface area (Å²) in [6.07, 6.45) is 1.69. The largest absolute Gasteiger partial charge is 0.382 e. The fraction of sp³-hybridized carbons (Fsp3) is 0.533. The number of hydrogen-bond donors (Lipinski definition) is 2. The summed E-state index contributed by atoms with van der Waals surface area (Å²) < 4.78 is 8.78. The number of nitrogens with one attached hydrogen (secondary N) is 2. The van der Waals surface area contributed by atoms with Crippen molar-refractivity contribution in [3.63, 3.8) is 0 Å². The van der Waals surface area contributed by atoms with E-state index in [4.69, 9.17) is 4.74 Å². The summed E-state index contributed by atoms with van der Waals surface area (Å²) in [6.45, 7) is 6.95. The van der Waals surface area contributed by atoms with Crippen LogP contribution in [0.2, 0.25) is 0 Å². The number of amides is 2. The van der Waals surface area contributed by atoms with Gasteiger partial charge in [-0.3, -0.25) is 9.36 Å². The highest BCUT2D eigenvalue weighted by Crippen LogP contribution is 2.20. The monoisotopic (exact) mass is 320 g/mol. The summed E-state index contributed by atoms with van der Waals surface area (Å²) in [5.41, 5.74) is 3.34. The lowest BCUT2D eigenvalue weighted by Gasteiger charge is -2.18. The smallest absolute Gasteiger partial charge is 0.319 e. The maximum Gasteiger partial charge on any atom is 0.319 e. The van der Waals surface area contributed by atoms with E-state index in [2.05, 4.69) is 20.8 Å². The van der Waals surface area contributed by atoms with Gasteiger partial charge in [-0.15, -0.1) is 0 Å². The number of nitrogens with zero attached hydrogens (tertiary/aromatic N) is 4. The van der Waals surface area contributed by atoms with E-state index in [1.54, 1.807) is 18.0 Å². The van der Waals surface area contributed by atoms with Crippen molar-refractivity contribution in [2.24, 2.45) is 7.05 Å². The van der Waals surface area contributed by atoms with Crippen LogP contribution in [0.15, 0.2) is 12.3 Å². The fourth-order valence-corrected chi connectivity index (χ4v) is 2.59. The Morgan fingerprint density at radius 1 is 1.43 bits per heavy atom. The molecule has 1 atom stereocenters. The third kappa shape index (κ3) is 3.70. The molecule has 0 bridgehead atoms. The molecular formula is C15H24N6O2. The highest BCUT2D eigenvalue weighted by atomic mass is 16.5. The topological polar surface area (TPSA) is 86.0 Å². The second kappa shape index (κ2) is 7.28. The lowest BCUT2D eigenvalue weighted by atomic mass is 10.2. The van der Waals surface area contributed by atoms with Gasteiger partial charge >= 0.3 is 6.03 Å². The van der Waals surface area contributed by atoms with Gasteiger partial charge in [0.2, 0.25) is 0 Å². The minimum absolute atomic E-state index is 0.283.